The maximum absolute atomic E-state index is 3.57. The van der Waals surface area contributed by atoms with Crippen molar-refractivity contribution in [3.05, 3.63) is 29.8 Å². The summed E-state index contributed by atoms with van der Waals surface area (Å²) in [5.74, 6) is 0. The van der Waals surface area contributed by atoms with Crippen LogP contribution in [-0.2, 0) is 6.42 Å². The van der Waals surface area contributed by atoms with Gasteiger partial charge in [-0.2, -0.15) is 0 Å². The first-order valence-electron chi connectivity index (χ1n) is 5.92. The molecule has 0 aromatic heterocycles. The summed E-state index contributed by atoms with van der Waals surface area (Å²) in [5.41, 5.74) is 3.00. The number of nitrogens with zero attached hydrogens (tertiary/aromatic N) is 1. The summed E-state index contributed by atoms with van der Waals surface area (Å²) in [5, 5.41) is 3.57. The van der Waals surface area contributed by atoms with Crippen LogP contribution in [0.2, 0.25) is 0 Å². The number of benzene rings is 1. The van der Waals surface area contributed by atoms with Crippen LogP contribution in [0, 0.1) is 0 Å². The monoisotopic (exact) mass is 202 g/mol. The molecule has 2 heteroatoms. The number of aryl methyl sites for hydroxylation is 1. The standard InChI is InChI=1S/C13H18N2/c1-10-9-15-12(8-14-10)7-6-11-4-2-3-5-13(11)15/h2-5,10,12,14H,6-9H2,1H3/t10-,12?/m1/s1. The van der Waals surface area contributed by atoms with Crippen LogP contribution in [0.15, 0.2) is 24.3 Å². The molecule has 15 heavy (non-hydrogen) atoms. The molecule has 0 bridgehead atoms. The van der Waals surface area contributed by atoms with Crippen molar-refractivity contribution in [3.8, 4) is 0 Å². The van der Waals surface area contributed by atoms with E-state index in [0.29, 0.717) is 6.04 Å². The molecular weight excluding hydrogens is 184 g/mol. The zero-order valence-electron chi connectivity index (χ0n) is 9.24. The third kappa shape index (κ3) is 1.53. The van der Waals surface area contributed by atoms with Crippen LogP contribution in [0.25, 0.3) is 0 Å². The first-order chi connectivity index (χ1) is 7.34. The zero-order valence-corrected chi connectivity index (χ0v) is 9.24. The van der Waals surface area contributed by atoms with Crippen molar-refractivity contribution in [2.45, 2.75) is 31.8 Å². The topological polar surface area (TPSA) is 15.3 Å². The van der Waals surface area contributed by atoms with Gasteiger partial charge in [0.25, 0.3) is 0 Å². The van der Waals surface area contributed by atoms with E-state index in [1.54, 1.807) is 0 Å². The Morgan fingerprint density at radius 3 is 3.13 bits per heavy atom. The van der Waals surface area contributed by atoms with E-state index in [1.807, 2.05) is 0 Å². The molecule has 80 valence electrons. The number of hydrogen-bond acceptors (Lipinski definition) is 2. The molecule has 3 rings (SSSR count). The van der Waals surface area contributed by atoms with Crippen LogP contribution in [-0.4, -0.2) is 25.2 Å². The van der Waals surface area contributed by atoms with Crippen molar-refractivity contribution in [1.82, 2.24) is 5.32 Å². The van der Waals surface area contributed by atoms with Crippen molar-refractivity contribution in [2.24, 2.45) is 0 Å². The minimum atomic E-state index is 0.618. The Bertz CT molecular complexity index is 361. The molecule has 2 aliphatic rings. The summed E-state index contributed by atoms with van der Waals surface area (Å²) >= 11 is 0. The lowest BCUT2D eigenvalue weighted by atomic mass is 9.93. The van der Waals surface area contributed by atoms with Gasteiger partial charge in [0.15, 0.2) is 0 Å². The molecule has 1 fully saturated rings. The average Bonchev–Trinajstić information content (AvgIpc) is 2.29. The second-order valence-corrected chi connectivity index (χ2v) is 4.78. The molecule has 0 spiro atoms. The number of fused-ring (bicyclic) bond motifs is 3. The summed E-state index contributed by atoms with van der Waals surface area (Å²) in [4.78, 5) is 2.60. The Balaban J connectivity index is 1.96. The van der Waals surface area contributed by atoms with E-state index >= 15 is 0 Å². The molecule has 0 radical (unpaired) electrons. The molecule has 0 aliphatic carbocycles. The lowest BCUT2D eigenvalue weighted by Crippen LogP contribution is -2.57. The number of hydrogen-bond donors (Lipinski definition) is 1. The second kappa shape index (κ2) is 3.53. The van der Waals surface area contributed by atoms with E-state index in [2.05, 4.69) is 41.4 Å². The van der Waals surface area contributed by atoms with Gasteiger partial charge >= 0.3 is 0 Å². The quantitative estimate of drug-likeness (QED) is 0.690. The lowest BCUT2D eigenvalue weighted by Gasteiger charge is -2.44. The van der Waals surface area contributed by atoms with Crippen molar-refractivity contribution >= 4 is 5.69 Å². The third-order valence-corrected chi connectivity index (χ3v) is 3.66. The van der Waals surface area contributed by atoms with Gasteiger partial charge in [0.2, 0.25) is 0 Å². The van der Waals surface area contributed by atoms with E-state index in [1.165, 1.54) is 24.1 Å². The molecule has 0 saturated carbocycles. The van der Waals surface area contributed by atoms with Crippen LogP contribution < -0.4 is 10.2 Å². The minimum absolute atomic E-state index is 0.618. The summed E-state index contributed by atoms with van der Waals surface area (Å²) < 4.78 is 0. The van der Waals surface area contributed by atoms with Crippen LogP contribution in [0.4, 0.5) is 5.69 Å². The van der Waals surface area contributed by atoms with Gasteiger partial charge < -0.3 is 10.2 Å². The largest absolute Gasteiger partial charge is 0.365 e. The molecule has 1 N–H and O–H groups in total. The lowest BCUT2D eigenvalue weighted by molar-refractivity contribution is 0.384. The molecule has 2 atom stereocenters. The predicted molar refractivity (Wildman–Crippen MR) is 63.4 cm³/mol. The van der Waals surface area contributed by atoms with E-state index in [0.717, 1.165) is 19.1 Å². The van der Waals surface area contributed by atoms with E-state index in [4.69, 9.17) is 0 Å². The Hall–Kier alpha value is -1.02. The summed E-state index contributed by atoms with van der Waals surface area (Å²) in [6.45, 7) is 4.57. The molecular formula is C13H18N2. The molecule has 1 unspecified atom stereocenters. The number of para-hydroxylation sites is 1. The second-order valence-electron chi connectivity index (χ2n) is 4.78. The Labute approximate surface area is 91.3 Å². The van der Waals surface area contributed by atoms with E-state index in [9.17, 15) is 0 Å². The normalized spacial score (nSPS) is 29.5. The highest BCUT2D eigenvalue weighted by Crippen LogP contribution is 2.31. The van der Waals surface area contributed by atoms with Crippen molar-refractivity contribution in [2.75, 3.05) is 18.0 Å². The molecule has 2 aliphatic heterocycles. The fourth-order valence-corrected chi connectivity index (χ4v) is 2.83. The van der Waals surface area contributed by atoms with Crippen LogP contribution in [0.5, 0.6) is 0 Å². The summed E-state index contributed by atoms with van der Waals surface area (Å²) in [6, 6.07) is 10.2. The smallest absolute Gasteiger partial charge is 0.0418 e. The van der Waals surface area contributed by atoms with Gasteiger partial charge in [-0.1, -0.05) is 18.2 Å². The van der Waals surface area contributed by atoms with Crippen LogP contribution >= 0.6 is 0 Å². The number of nitrogens with one attached hydrogen (secondary N) is 1. The maximum Gasteiger partial charge on any atom is 0.0418 e. The maximum atomic E-state index is 3.57. The summed E-state index contributed by atoms with van der Waals surface area (Å²) in [7, 11) is 0. The Kier molecular flexibility index (Phi) is 2.17. The predicted octanol–water partition coefficient (Wildman–Crippen LogP) is 1.80. The van der Waals surface area contributed by atoms with Gasteiger partial charge in [-0.3, -0.25) is 0 Å². The van der Waals surface area contributed by atoms with Gasteiger partial charge in [0.05, 0.1) is 0 Å². The summed E-state index contributed by atoms with van der Waals surface area (Å²) in [6.07, 6.45) is 2.55. The van der Waals surface area contributed by atoms with Crippen molar-refractivity contribution < 1.29 is 0 Å². The van der Waals surface area contributed by atoms with Gasteiger partial charge in [-0.05, 0) is 31.4 Å². The minimum Gasteiger partial charge on any atom is -0.365 e. The molecule has 2 nitrogen and oxygen atoms in total. The zero-order chi connectivity index (χ0) is 10.3. The molecule has 1 aromatic carbocycles. The van der Waals surface area contributed by atoms with E-state index < -0.39 is 0 Å². The fraction of sp³-hybridized carbons (Fsp3) is 0.538. The van der Waals surface area contributed by atoms with Gasteiger partial charge in [-0.15, -0.1) is 0 Å². The van der Waals surface area contributed by atoms with Gasteiger partial charge in [0, 0.05) is 30.9 Å². The highest BCUT2D eigenvalue weighted by Gasteiger charge is 2.30. The molecule has 1 saturated heterocycles. The first kappa shape index (κ1) is 9.22. The van der Waals surface area contributed by atoms with Crippen LogP contribution in [0.1, 0.15) is 18.9 Å². The average molecular weight is 202 g/mol. The Morgan fingerprint density at radius 2 is 2.20 bits per heavy atom. The number of piperazine rings is 1. The van der Waals surface area contributed by atoms with Crippen molar-refractivity contribution in [1.29, 1.82) is 0 Å². The highest BCUT2D eigenvalue weighted by atomic mass is 15.2. The van der Waals surface area contributed by atoms with Crippen LogP contribution in [0.3, 0.4) is 0 Å². The third-order valence-electron chi connectivity index (χ3n) is 3.66. The number of rotatable bonds is 0. The fourth-order valence-electron chi connectivity index (χ4n) is 2.83. The first-order valence-corrected chi connectivity index (χ1v) is 5.92. The Morgan fingerprint density at radius 1 is 1.33 bits per heavy atom. The van der Waals surface area contributed by atoms with Crippen molar-refractivity contribution in [3.63, 3.8) is 0 Å². The SMILES string of the molecule is C[C@@H]1CN2c3ccccc3CCC2CN1. The van der Waals surface area contributed by atoms with E-state index in [-0.39, 0.29) is 0 Å². The molecule has 2 heterocycles. The molecule has 0 amide bonds. The van der Waals surface area contributed by atoms with Gasteiger partial charge in [-0.25, -0.2) is 0 Å². The number of anilines is 1. The highest BCUT2D eigenvalue weighted by molar-refractivity contribution is 5.57. The molecule has 1 aromatic rings. The van der Waals surface area contributed by atoms with Gasteiger partial charge in [0.1, 0.15) is 0 Å².